The summed E-state index contributed by atoms with van der Waals surface area (Å²) in [6.45, 7) is 6.08. The molecule has 0 aromatic heterocycles. The Morgan fingerprint density at radius 2 is 1.88 bits per heavy atom. The Hall–Kier alpha value is -1.63. The number of halogens is 1. The molecule has 0 radical (unpaired) electrons. The van der Waals surface area contributed by atoms with Gasteiger partial charge in [0.2, 0.25) is 0 Å². The molecule has 1 aliphatic carbocycles. The predicted octanol–water partition coefficient (Wildman–Crippen LogP) is 4.07. The van der Waals surface area contributed by atoms with Gasteiger partial charge < -0.3 is 10.1 Å². The fourth-order valence-corrected chi connectivity index (χ4v) is 4.16. The van der Waals surface area contributed by atoms with Crippen LogP contribution in [-0.2, 0) is 14.3 Å². The summed E-state index contributed by atoms with van der Waals surface area (Å²) in [6, 6.07) is 7.98. The topological polar surface area (TPSA) is 55.4 Å². The van der Waals surface area contributed by atoms with Crippen molar-refractivity contribution in [1.82, 2.24) is 5.32 Å². The molecule has 0 spiro atoms. The number of rotatable bonds is 2. The maximum Gasteiger partial charge on any atom is 0.336 e. The van der Waals surface area contributed by atoms with E-state index in [1.807, 2.05) is 31.2 Å². The van der Waals surface area contributed by atoms with Gasteiger partial charge in [-0.25, -0.2) is 4.79 Å². The molecule has 1 atom stereocenters. The van der Waals surface area contributed by atoms with Crippen molar-refractivity contribution in [3.8, 4) is 0 Å². The minimum Gasteiger partial charge on any atom is -0.466 e. The van der Waals surface area contributed by atoms with Crippen LogP contribution in [0.1, 0.15) is 45.1 Å². The van der Waals surface area contributed by atoms with E-state index >= 15 is 0 Å². The molecule has 0 amide bonds. The zero-order valence-electron chi connectivity index (χ0n) is 14.9. The molecule has 2 aliphatic rings. The van der Waals surface area contributed by atoms with E-state index in [0.717, 1.165) is 26.9 Å². The van der Waals surface area contributed by atoms with Gasteiger partial charge in [0.25, 0.3) is 0 Å². The molecule has 1 heterocycles. The smallest absolute Gasteiger partial charge is 0.336 e. The van der Waals surface area contributed by atoms with Crippen molar-refractivity contribution in [2.45, 2.75) is 39.5 Å². The average Bonchev–Trinajstić information content (AvgIpc) is 2.52. The highest BCUT2D eigenvalue weighted by Gasteiger charge is 2.42. The Labute approximate surface area is 161 Å². The standard InChI is InChI=1S/C20H22INO3/c1-11-16(19(24)25-4)17(12-5-7-13(21)8-6-12)18-14(22-11)9-20(2,3)10-15(18)23/h5-8,17,22H,9-10H2,1-4H3/t17-/m0/s1. The van der Waals surface area contributed by atoms with Crippen molar-refractivity contribution in [2.24, 2.45) is 5.41 Å². The van der Waals surface area contributed by atoms with Crippen molar-refractivity contribution in [3.63, 3.8) is 0 Å². The number of ether oxygens (including phenoxy) is 1. The van der Waals surface area contributed by atoms with Crippen LogP contribution in [0.25, 0.3) is 0 Å². The summed E-state index contributed by atoms with van der Waals surface area (Å²) in [6.07, 6.45) is 1.28. The van der Waals surface area contributed by atoms with E-state index in [4.69, 9.17) is 4.74 Å². The molecule has 25 heavy (non-hydrogen) atoms. The van der Waals surface area contributed by atoms with E-state index in [1.165, 1.54) is 7.11 Å². The molecule has 5 heteroatoms. The maximum atomic E-state index is 13.0. The molecule has 132 valence electrons. The Kier molecular flexibility index (Phi) is 4.79. The summed E-state index contributed by atoms with van der Waals surface area (Å²) in [5.41, 5.74) is 3.81. The molecule has 1 aromatic carbocycles. The van der Waals surface area contributed by atoms with Gasteiger partial charge in [0.05, 0.1) is 12.7 Å². The molecule has 0 bridgehead atoms. The van der Waals surface area contributed by atoms with Crippen molar-refractivity contribution in [2.75, 3.05) is 7.11 Å². The van der Waals surface area contributed by atoms with Crippen LogP contribution < -0.4 is 5.32 Å². The van der Waals surface area contributed by atoms with Gasteiger partial charge in [0, 0.05) is 32.9 Å². The minimum atomic E-state index is -0.391. The van der Waals surface area contributed by atoms with E-state index in [0.29, 0.717) is 17.6 Å². The Bertz CT molecular complexity index is 803. The van der Waals surface area contributed by atoms with E-state index in [1.54, 1.807) is 0 Å². The lowest BCUT2D eigenvalue weighted by molar-refractivity contribution is -0.136. The molecule has 3 rings (SSSR count). The van der Waals surface area contributed by atoms with E-state index < -0.39 is 5.97 Å². The lowest BCUT2D eigenvalue weighted by Gasteiger charge is -2.39. The van der Waals surface area contributed by atoms with Gasteiger partial charge >= 0.3 is 5.97 Å². The summed E-state index contributed by atoms with van der Waals surface area (Å²) >= 11 is 2.25. The summed E-state index contributed by atoms with van der Waals surface area (Å²) in [7, 11) is 1.38. The van der Waals surface area contributed by atoms with Crippen LogP contribution in [0.4, 0.5) is 0 Å². The molecule has 1 N–H and O–H groups in total. The molecule has 0 saturated carbocycles. The second kappa shape index (κ2) is 6.59. The second-order valence-corrected chi connectivity index (χ2v) is 8.72. The molecule has 1 aliphatic heterocycles. The monoisotopic (exact) mass is 451 g/mol. The van der Waals surface area contributed by atoms with Crippen LogP contribution in [-0.4, -0.2) is 18.9 Å². The van der Waals surface area contributed by atoms with E-state index in [-0.39, 0.29) is 17.1 Å². The molecule has 1 aromatic rings. The van der Waals surface area contributed by atoms with Gasteiger partial charge in [-0.2, -0.15) is 0 Å². The van der Waals surface area contributed by atoms with Crippen molar-refractivity contribution in [1.29, 1.82) is 0 Å². The third-order valence-electron chi connectivity index (χ3n) is 4.85. The Morgan fingerprint density at radius 3 is 2.48 bits per heavy atom. The van der Waals surface area contributed by atoms with Crippen molar-refractivity contribution >= 4 is 34.3 Å². The van der Waals surface area contributed by atoms with Gasteiger partial charge in [0.1, 0.15) is 0 Å². The zero-order valence-corrected chi connectivity index (χ0v) is 17.1. The van der Waals surface area contributed by atoms with Crippen LogP contribution in [0, 0.1) is 8.99 Å². The second-order valence-electron chi connectivity index (χ2n) is 7.47. The SMILES string of the molecule is COC(=O)C1=C(C)NC2=C(C(=O)CC(C)(C)C2)[C@H]1c1ccc(I)cc1. The number of carbonyl (C=O) groups is 2. The summed E-state index contributed by atoms with van der Waals surface area (Å²) in [4.78, 5) is 25.5. The first-order valence-corrected chi connectivity index (χ1v) is 9.39. The third kappa shape index (κ3) is 3.38. The maximum absolute atomic E-state index is 13.0. The van der Waals surface area contributed by atoms with Crippen LogP contribution in [0.3, 0.4) is 0 Å². The number of hydrogen-bond donors (Lipinski definition) is 1. The van der Waals surface area contributed by atoms with Gasteiger partial charge in [0.15, 0.2) is 5.78 Å². The molecule has 0 unspecified atom stereocenters. The van der Waals surface area contributed by atoms with Gasteiger partial charge in [-0.05, 0) is 59.0 Å². The number of ketones is 1. The van der Waals surface area contributed by atoms with E-state index in [2.05, 4.69) is 41.8 Å². The first-order chi connectivity index (χ1) is 11.7. The van der Waals surface area contributed by atoms with Crippen LogP contribution in [0.15, 0.2) is 46.8 Å². The first-order valence-electron chi connectivity index (χ1n) is 8.31. The fraction of sp³-hybridized carbons (Fsp3) is 0.400. The molecule has 4 nitrogen and oxygen atoms in total. The fourth-order valence-electron chi connectivity index (χ4n) is 3.81. The largest absolute Gasteiger partial charge is 0.466 e. The number of benzene rings is 1. The van der Waals surface area contributed by atoms with Gasteiger partial charge in [-0.1, -0.05) is 26.0 Å². The normalized spacial score (nSPS) is 22.4. The number of Topliss-reactive ketones (excluding diaryl/α,β-unsaturated/α-hetero) is 1. The highest BCUT2D eigenvalue weighted by Crippen LogP contribution is 2.46. The average molecular weight is 451 g/mol. The molecular weight excluding hydrogens is 429 g/mol. The molecule has 0 saturated heterocycles. The zero-order chi connectivity index (χ0) is 18.4. The first kappa shape index (κ1) is 18.2. The lowest BCUT2D eigenvalue weighted by atomic mass is 9.68. The summed E-state index contributed by atoms with van der Waals surface area (Å²) in [5, 5.41) is 3.32. The van der Waals surface area contributed by atoms with Crippen LogP contribution in [0.5, 0.6) is 0 Å². The number of esters is 1. The van der Waals surface area contributed by atoms with Gasteiger partial charge in [-0.3, -0.25) is 4.79 Å². The number of dihydropyridines is 1. The highest BCUT2D eigenvalue weighted by atomic mass is 127. The summed E-state index contributed by atoms with van der Waals surface area (Å²) in [5.74, 6) is -0.654. The van der Waals surface area contributed by atoms with Crippen LogP contribution in [0.2, 0.25) is 0 Å². The third-order valence-corrected chi connectivity index (χ3v) is 5.57. The number of methoxy groups -OCH3 is 1. The lowest BCUT2D eigenvalue weighted by Crippen LogP contribution is -2.38. The Balaban J connectivity index is 2.19. The number of hydrogen-bond acceptors (Lipinski definition) is 4. The minimum absolute atomic E-state index is 0.0808. The highest BCUT2D eigenvalue weighted by molar-refractivity contribution is 14.1. The molecule has 0 fully saturated rings. The number of carbonyl (C=O) groups excluding carboxylic acids is 2. The van der Waals surface area contributed by atoms with E-state index in [9.17, 15) is 9.59 Å². The Morgan fingerprint density at radius 1 is 1.24 bits per heavy atom. The van der Waals surface area contributed by atoms with Gasteiger partial charge in [-0.15, -0.1) is 0 Å². The molecular formula is C20H22INO3. The quantitative estimate of drug-likeness (QED) is 0.544. The number of allylic oxidation sites excluding steroid dienone is 3. The van der Waals surface area contributed by atoms with Crippen LogP contribution >= 0.6 is 22.6 Å². The van der Waals surface area contributed by atoms with Crippen molar-refractivity contribution < 1.29 is 14.3 Å². The number of nitrogens with one attached hydrogen (secondary N) is 1. The summed E-state index contributed by atoms with van der Waals surface area (Å²) < 4.78 is 6.13. The van der Waals surface area contributed by atoms with Crippen molar-refractivity contribution in [3.05, 3.63) is 55.9 Å². The predicted molar refractivity (Wildman–Crippen MR) is 105 cm³/mol.